The van der Waals surface area contributed by atoms with E-state index in [0.29, 0.717) is 23.7 Å². The van der Waals surface area contributed by atoms with Crippen molar-refractivity contribution >= 4 is 5.69 Å². The zero-order valence-corrected chi connectivity index (χ0v) is 11.5. The summed E-state index contributed by atoms with van der Waals surface area (Å²) in [6.07, 6.45) is 3.40. The van der Waals surface area contributed by atoms with Gasteiger partial charge in [-0.3, -0.25) is 10.1 Å². The van der Waals surface area contributed by atoms with Crippen molar-refractivity contribution in [3.8, 4) is 22.9 Å². The van der Waals surface area contributed by atoms with Crippen LogP contribution in [0.2, 0.25) is 0 Å². The molecule has 0 aliphatic heterocycles. The molecule has 0 atom stereocenters. The fourth-order valence-electron chi connectivity index (χ4n) is 1.96. The largest absolute Gasteiger partial charge is 0.490 e. The first-order valence-electron chi connectivity index (χ1n) is 6.05. The number of nitro groups is 1. The van der Waals surface area contributed by atoms with Crippen molar-refractivity contribution in [2.45, 2.75) is 6.92 Å². The van der Waals surface area contributed by atoms with Crippen molar-refractivity contribution in [3.63, 3.8) is 0 Å². The van der Waals surface area contributed by atoms with E-state index >= 15 is 0 Å². The van der Waals surface area contributed by atoms with Gasteiger partial charge in [-0.25, -0.2) is 4.98 Å². The SMILES string of the molecule is CCOc1cc(-c2nccn2C)cc([N+](=O)[O-])c1OC. The number of benzene rings is 1. The number of methoxy groups -OCH3 is 1. The molecule has 0 unspecified atom stereocenters. The van der Waals surface area contributed by atoms with Crippen molar-refractivity contribution < 1.29 is 14.4 Å². The van der Waals surface area contributed by atoms with E-state index in [4.69, 9.17) is 9.47 Å². The van der Waals surface area contributed by atoms with Gasteiger partial charge in [-0.05, 0) is 13.0 Å². The number of imidazole rings is 1. The zero-order chi connectivity index (χ0) is 14.7. The van der Waals surface area contributed by atoms with Gasteiger partial charge in [0.15, 0.2) is 5.75 Å². The van der Waals surface area contributed by atoms with E-state index in [1.807, 2.05) is 7.05 Å². The second-order valence-corrected chi connectivity index (χ2v) is 4.08. The fraction of sp³-hybridized carbons (Fsp3) is 0.308. The summed E-state index contributed by atoms with van der Waals surface area (Å²) in [4.78, 5) is 14.9. The van der Waals surface area contributed by atoms with Crippen LogP contribution >= 0.6 is 0 Å². The summed E-state index contributed by atoms with van der Waals surface area (Å²) in [6, 6.07) is 3.13. The first-order chi connectivity index (χ1) is 9.58. The molecule has 0 saturated heterocycles. The second kappa shape index (κ2) is 5.60. The van der Waals surface area contributed by atoms with Crippen LogP contribution in [0.1, 0.15) is 6.92 Å². The molecule has 2 rings (SSSR count). The number of aryl methyl sites for hydroxylation is 1. The third kappa shape index (κ3) is 2.42. The molecule has 0 fully saturated rings. The van der Waals surface area contributed by atoms with E-state index in [-0.39, 0.29) is 11.4 Å². The highest BCUT2D eigenvalue weighted by atomic mass is 16.6. The molecule has 1 aromatic heterocycles. The molecule has 0 aliphatic carbocycles. The molecular weight excluding hydrogens is 262 g/mol. The van der Waals surface area contributed by atoms with Gasteiger partial charge in [-0.15, -0.1) is 0 Å². The summed E-state index contributed by atoms with van der Waals surface area (Å²) in [7, 11) is 3.20. The molecule has 0 amide bonds. The highest BCUT2D eigenvalue weighted by Gasteiger charge is 2.23. The Morgan fingerprint density at radius 3 is 2.70 bits per heavy atom. The quantitative estimate of drug-likeness (QED) is 0.619. The lowest BCUT2D eigenvalue weighted by atomic mass is 10.1. The van der Waals surface area contributed by atoms with Crippen molar-refractivity contribution in [1.82, 2.24) is 9.55 Å². The Kier molecular flexibility index (Phi) is 3.88. The molecule has 7 heteroatoms. The highest BCUT2D eigenvalue weighted by molar-refractivity contribution is 5.69. The van der Waals surface area contributed by atoms with Gasteiger partial charge in [-0.2, -0.15) is 0 Å². The molecule has 1 heterocycles. The summed E-state index contributed by atoms with van der Waals surface area (Å²) in [5.41, 5.74) is 0.463. The minimum atomic E-state index is -0.492. The number of rotatable bonds is 5. The number of aromatic nitrogens is 2. The van der Waals surface area contributed by atoms with Gasteiger partial charge < -0.3 is 14.0 Å². The van der Waals surface area contributed by atoms with Gasteiger partial charge in [-0.1, -0.05) is 0 Å². The highest BCUT2D eigenvalue weighted by Crippen LogP contribution is 2.40. The average Bonchev–Trinajstić information content (AvgIpc) is 2.84. The monoisotopic (exact) mass is 277 g/mol. The lowest BCUT2D eigenvalue weighted by Gasteiger charge is -2.11. The van der Waals surface area contributed by atoms with Crippen LogP contribution in [-0.2, 0) is 7.05 Å². The Morgan fingerprint density at radius 2 is 2.20 bits per heavy atom. The van der Waals surface area contributed by atoms with E-state index in [1.165, 1.54) is 13.2 Å². The maximum atomic E-state index is 11.2. The molecular formula is C13H15N3O4. The molecule has 20 heavy (non-hydrogen) atoms. The molecule has 0 spiro atoms. The maximum absolute atomic E-state index is 11.2. The van der Waals surface area contributed by atoms with Crippen molar-refractivity contribution in [3.05, 3.63) is 34.6 Å². The molecule has 7 nitrogen and oxygen atoms in total. The summed E-state index contributed by atoms with van der Waals surface area (Å²) >= 11 is 0. The first kappa shape index (κ1) is 13.9. The van der Waals surface area contributed by atoms with Crippen LogP contribution in [0.3, 0.4) is 0 Å². The van der Waals surface area contributed by atoms with E-state index < -0.39 is 4.92 Å². The summed E-state index contributed by atoms with van der Waals surface area (Å²) in [6.45, 7) is 2.19. The van der Waals surface area contributed by atoms with Gasteiger partial charge in [0.1, 0.15) is 5.82 Å². The second-order valence-electron chi connectivity index (χ2n) is 4.08. The molecule has 106 valence electrons. The minimum absolute atomic E-state index is 0.120. The molecule has 1 aromatic carbocycles. The predicted molar refractivity (Wildman–Crippen MR) is 73.0 cm³/mol. The van der Waals surface area contributed by atoms with Crippen LogP contribution in [0, 0.1) is 10.1 Å². The fourth-order valence-corrected chi connectivity index (χ4v) is 1.96. The number of hydrogen-bond acceptors (Lipinski definition) is 5. The molecule has 0 N–H and O–H groups in total. The van der Waals surface area contributed by atoms with Crippen LogP contribution in [-0.4, -0.2) is 28.2 Å². The Bertz CT molecular complexity index is 637. The first-order valence-corrected chi connectivity index (χ1v) is 6.05. The minimum Gasteiger partial charge on any atom is -0.490 e. The molecule has 0 radical (unpaired) electrons. The third-order valence-electron chi connectivity index (χ3n) is 2.82. The Balaban J connectivity index is 2.65. The summed E-state index contributed by atoms with van der Waals surface area (Å²) in [5.74, 6) is 1.08. The van der Waals surface area contributed by atoms with Crippen LogP contribution < -0.4 is 9.47 Å². The van der Waals surface area contributed by atoms with Gasteiger partial charge in [0.05, 0.1) is 18.6 Å². The summed E-state index contributed by atoms with van der Waals surface area (Å²) in [5, 5.41) is 11.2. The Hall–Kier alpha value is -2.57. The smallest absolute Gasteiger partial charge is 0.315 e. The number of nitro benzene ring substituents is 1. The molecule has 2 aromatic rings. The van der Waals surface area contributed by atoms with Gasteiger partial charge >= 0.3 is 5.69 Å². The van der Waals surface area contributed by atoms with E-state index in [2.05, 4.69) is 4.98 Å². The van der Waals surface area contributed by atoms with E-state index in [0.717, 1.165) is 0 Å². The van der Waals surface area contributed by atoms with E-state index in [1.54, 1.807) is 30.0 Å². The number of hydrogen-bond donors (Lipinski definition) is 0. The standard InChI is InChI=1S/C13H15N3O4/c1-4-20-11-8-9(13-14-5-6-15(13)2)7-10(16(17)18)12(11)19-3/h5-8H,4H2,1-3H3. The zero-order valence-electron chi connectivity index (χ0n) is 11.5. The third-order valence-corrected chi connectivity index (χ3v) is 2.82. The normalized spacial score (nSPS) is 10.3. The molecule has 0 bridgehead atoms. The lowest BCUT2D eigenvalue weighted by Crippen LogP contribution is -2.01. The number of ether oxygens (including phenoxy) is 2. The number of nitrogens with zero attached hydrogens (tertiary/aromatic N) is 3. The van der Waals surface area contributed by atoms with Gasteiger partial charge in [0.25, 0.3) is 0 Å². The summed E-state index contributed by atoms with van der Waals surface area (Å²) < 4.78 is 12.3. The molecule has 0 aliphatic rings. The van der Waals surface area contributed by atoms with Crippen LogP contribution in [0.25, 0.3) is 11.4 Å². The van der Waals surface area contributed by atoms with Gasteiger partial charge in [0.2, 0.25) is 5.75 Å². The van der Waals surface area contributed by atoms with Gasteiger partial charge in [0, 0.05) is 31.1 Å². The van der Waals surface area contributed by atoms with Crippen molar-refractivity contribution in [1.29, 1.82) is 0 Å². The lowest BCUT2D eigenvalue weighted by molar-refractivity contribution is -0.385. The van der Waals surface area contributed by atoms with Crippen LogP contribution in [0.4, 0.5) is 5.69 Å². The Labute approximate surface area is 115 Å². The van der Waals surface area contributed by atoms with Crippen molar-refractivity contribution in [2.75, 3.05) is 13.7 Å². The predicted octanol–water partition coefficient (Wildman–Crippen LogP) is 2.40. The van der Waals surface area contributed by atoms with Crippen LogP contribution in [0.15, 0.2) is 24.5 Å². The topological polar surface area (TPSA) is 79.4 Å². The maximum Gasteiger partial charge on any atom is 0.315 e. The van der Waals surface area contributed by atoms with E-state index in [9.17, 15) is 10.1 Å². The van der Waals surface area contributed by atoms with Crippen LogP contribution in [0.5, 0.6) is 11.5 Å². The Morgan fingerprint density at radius 1 is 1.45 bits per heavy atom. The van der Waals surface area contributed by atoms with Crippen molar-refractivity contribution in [2.24, 2.45) is 7.05 Å². The average molecular weight is 277 g/mol. The molecule has 0 saturated carbocycles.